The first kappa shape index (κ1) is 19.1. The molecule has 5 heteroatoms. The molecule has 0 fully saturated rings. The summed E-state index contributed by atoms with van der Waals surface area (Å²) in [7, 11) is 0. The van der Waals surface area contributed by atoms with E-state index < -0.39 is 11.9 Å². The van der Waals surface area contributed by atoms with Gasteiger partial charge in [-0.05, 0) is 34.4 Å². The van der Waals surface area contributed by atoms with Crippen LogP contribution in [0.4, 0.5) is 0 Å². The molecule has 0 saturated carbocycles. The van der Waals surface area contributed by atoms with Crippen LogP contribution in [0.3, 0.4) is 0 Å². The fourth-order valence-corrected chi connectivity index (χ4v) is 4.68. The van der Waals surface area contributed by atoms with Crippen molar-refractivity contribution in [1.82, 2.24) is 0 Å². The molecule has 0 N–H and O–H groups in total. The van der Waals surface area contributed by atoms with Crippen molar-refractivity contribution in [2.24, 2.45) is 0 Å². The third-order valence-corrected chi connectivity index (χ3v) is 6.13. The Balaban J connectivity index is 1.36. The van der Waals surface area contributed by atoms with Crippen molar-refractivity contribution in [3.05, 3.63) is 118 Å². The predicted molar refractivity (Wildman–Crippen MR) is 120 cm³/mol. The minimum Gasteiger partial charge on any atom is -0.386 e. The first-order valence-corrected chi connectivity index (χ1v) is 10.4. The molecule has 0 amide bonds. The number of carbonyl (C=O) groups excluding carboxylic acids is 4. The Morgan fingerprint density at radius 2 is 0.818 bits per heavy atom. The van der Waals surface area contributed by atoms with E-state index in [-0.39, 0.29) is 33.8 Å². The van der Waals surface area contributed by atoms with Crippen LogP contribution in [0.25, 0.3) is 22.3 Å². The van der Waals surface area contributed by atoms with Crippen molar-refractivity contribution in [3.8, 4) is 22.3 Å². The van der Waals surface area contributed by atoms with Gasteiger partial charge < -0.3 is 4.74 Å². The van der Waals surface area contributed by atoms with Crippen LogP contribution in [0.2, 0.25) is 0 Å². The normalized spacial score (nSPS) is 12.6. The van der Waals surface area contributed by atoms with Gasteiger partial charge in [0.25, 0.3) is 0 Å². The Kier molecular flexibility index (Phi) is 4.01. The van der Waals surface area contributed by atoms with Gasteiger partial charge in [-0.2, -0.15) is 0 Å². The molecule has 4 aromatic rings. The smallest absolute Gasteiger partial charge is 0.346 e. The van der Waals surface area contributed by atoms with Crippen LogP contribution in [-0.4, -0.2) is 23.5 Å². The highest BCUT2D eigenvalue weighted by Gasteiger charge is 2.34. The predicted octanol–water partition coefficient (Wildman–Crippen LogP) is 5.11. The second kappa shape index (κ2) is 6.93. The van der Waals surface area contributed by atoms with Crippen LogP contribution in [0.15, 0.2) is 84.9 Å². The Morgan fingerprint density at radius 1 is 0.455 bits per heavy atom. The minimum atomic E-state index is -0.932. The summed E-state index contributed by atoms with van der Waals surface area (Å²) in [5.74, 6) is -2.43. The van der Waals surface area contributed by atoms with E-state index in [4.69, 9.17) is 4.74 Å². The maximum atomic E-state index is 13.0. The van der Waals surface area contributed by atoms with Crippen LogP contribution in [0.5, 0.6) is 0 Å². The van der Waals surface area contributed by atoms with Gasteiger partial charge in [0.1, 0.15) is 0 Å². The van der Waals surface area contributed by atoms with E-state index in [0.29, 0.717) is 22.3 Å². The molecule has 4 aromatic carbocycles. The second-order valence-electron chi connectivity index (χ2n) is 7.88. The Labute approximate surface area is 188 Å². The molecule has 0 aromatic heterocycles. The SMILES string of the molecule is O=C(OC(=O)c1cccc2c1C(=O)c1ccccc1-2)c1cccc2c1C(=O)c1ccccc1-2. The number of rotatable bonds is 2. The van der Waals surface area contributed by atoms with Gasteiger partial charge >= 0.3 is 11.9 Å². The molecule has 0 saturated heterocycles. The van der Waals surface area contributed by atoms with Crippen LogP contribution in [0, 0.1) is 0 Å². The summed E-state index contributed by atoms with van der Waals surface area (Å²) in [4.78, 5) is 51.9. The van der Waals surface area contributed by atoms with Crippen LogP contribution in [-0.2, 0) is 4.74 Å². The third kappa shape index (κ3) is 2.66. The summed E-state index contributed by atoms with van der Waals surface area (Å²) < 4.78 is 5.19. The van der Waals surface area contributed by atoms with Crippen LogP contribution >= 0.6 is 0 Å². The average Bonchev–Trinajstić information content (AvgIpc) is 3.31. The molecule has 0 radical (unpaired) electrons. The molecule has 2 aliphatic rings. The molecular weight excluding hydrogens is 416 g/mol. The Morgan fingerprint density at radius 3 is 1.24 bits per heavy atom. The fourth-order valence-electron chi connectivity index (χ4n) is 4.68. The summed E-state index contributed by atoms with van der Waals surface area (Å²) in [5, 5.41) is 0. The number of ether oxygens (including phenoxy) is 1. The quantitative estimate of drug-likeness (QED) is 0.282. The third-order valence-electron chi connectivity index (χ3n) is 6.13. The molecule has 0 unspecified atom stereocenters. The van der Waals surface area contributed by atoms with Gasteiger partial charge in [-0.15, -0.1) is 0 Å². The summed E-state index contributed by atoms with van der Waals surface area (Å²) >= 11 is 0. The van der Waals surface area contributed by atoms with E-state index >= 15 is 0 Å². The zero-order valence-electron chi connectivity index (χ0n) is 17.1. The van der Waals surface area contributed by atoms with Gasteiger partial charge in [0.05, 0.1) is 11.1 Å². The van der Waals surface area contributed by atoms with Crippen molar-refractivity contribution in [3.63, 3.8) is 0 Å². The lowest BCUT2D eigenvalue weighted by Crippen LogP contribution is -2.17. The standard InChI is InChI=1S/C28H14O5/c29-25-19-9-3-1-7-15(19)17-11-5-13-21(23(17)25)27(31)33-28(32)22-14-6-12-18-16-8-2-4-10-20(16)26(30)24(18)22/h1-14H. The maximum absolute atomic E-state index is 13.0. The fraction of sp³-hybridized carbons (Fsp3) is 0. The largest absolute Gasteiger partial charge is 0.386 e. The molecule has 0 bridgehead atoms. The Bertz CT molecular complexity index is 1440. The van der Waals surface area contributed by atoms with Crippen molar-refractivity contribution in [1.29, 1.82) is 0 Å². The highest BCUT2D eigenvalue weighted by atomic mass is 16.6. The number of benzene rings is 4. The number of hydrogen-bond acceptors (Lipinski definition) is 5. The van der Waals surface area contributed by atoms with E-state index in [9.17, 15) is 19.2 Å². The molecule has 156 valence electrons. The zero-order valence-corrected chi connectivity index (χ0v) is 17.1. The first-order valence-electron chi connectivity index (χ1n) is 10.4. The monoisotopic (exact) mass is 430 g/mol. The molecule has 5 nitrogen and oxygen atoms in total. The maximum Gasteiger partial charge on any atom is 0.346 e. The molecule has 33 heavy (non-hydrogen) atoms. The van der Waals surface area contributed by atoms with Gasteiger partial charge in [0, 0.05) is 22.3 Å². The molecule has 6 rings (SSSR count). The average molecular weight is 430 g/mol. The first-order chi connectivity index (χ1) is 16.1. The van der Waals surface area contributed by atoms with E-state index in [2.05, 4.69) is 0 Å². The van der Waals surface area contributed by atoms with Crippen LogP contribution < -0.4 is 0 Å². The molecule has 2 aliphatic carbocycles. The van der Waals surface area contributed by atoms with Gasteiger partial charge in [-0.25, -0.2) is 9.59 Å². The lowest BCUT2D eigenvalue weighted by Gasteiger charge is -2.09. The van der Waals surface area contributed by atoms with Crippen molar-refractivity contribution in [2.45, 2.75) is 0 Å². The van der Waals surface area contributed by atoms with E-state index in [1.165, 1.54) is 12.1 Å². The topological polar surface area (TPSA) is 77.5 Å². The van der Waals surface area contributed by atoms with Gasteiger partial charge in [0.15, 0.2) is 11.6 Å². The number of ketones is 2. The van der Waals surface area contributed by atoms with Crippen molar-refractivity contribution >= 4 is 23.5 Å². The van der Waals surface area contributed by atoms with E-state index in [0.717, 1.165) is 11.1 Å². The van der Waals surface area contributed by atoms with Gasteiger partial charge in [0.2, 0.25) is 0 Å². The highest BCUT2D eigenvalue weighted by Crippen LogP contribution is 2.40. The molecule has 0 atom stereocenters. The molecule has 0 aliphatic heterocycles. The van der Waals surface area contributed by atoms with Crippen molar-refractivity contribution < 1.29 is 23.9 Å². The lowest BCUT2D eigenvalue weighted by molar-refractivity contribution is 0.0394. The zero-order chi connectivity index (χ0) is 22.7. The summed E-state index contributed by atoms with van der Waals surface area (Å²) in [6.45, 7) is 0. The Hall–Kier alpha value is -4.64. The molecule has 0 heterocycles. The van der Waals surface area contributed by atoms with E-state index in [1.807, 2.05) is 24.3 Å². The van der Waals surface area contributed by atoms with Crippen molar-refractivity contribution in [2.75, 3.05) is 0 Å². The second-order valence-corrected chi connectivity index (χ2v) is 7.88. The number of carbonyl (C=O) groups is 4. The summed E-state index contributed by atoms with van der Waals surface area (Å²) in [6.07, 6.45) is 0. The number of esters is 2. The highest BCUT2D eigenvalue weighted by molar-refractivity contribution is 6.27. The van der Waals surface area contributed by atoms with Crippen LogP contribution in [0.1, 0.15) is 52.6 Å². The minimum absolute atomic E-state index is 0.0178. The number of hydrogen-bond donors (Lipinski definition) is 0. The van der Waals surface area contributed by atoms with E-state index in [1.54, 1.807) is 48.5 Å². The summed E-state index contributed by atoms with van der Waals surface area (Å²) in [5.41, 5.74) is 4.22. The van der Waals surface area contributed by atoms with Gasteiger partial charge in [-0.3, -0.25) is 9.59 Å². The number of fused-ring (bicyclic) bond motifs is 6. The molecule has 0 spiro atoms. The molecular formula is C28H14O5. The summed E-state index contributed by atoms with van der Waals surface area (Å²) in [6, 6.07) is 23.9. The lowest BCUT2D eigenvalue weighted by atomic mass is 10.00. The van der Waals surface area contributed by atoms with Gasteiger partial charge in [-0.1, -0.05) is 72.8 Å².